The molecule has 1 saturated heterocycles. The molecule has 1 heterocycles. The summed E-state index contributed by atoms with van der Waals surface area (Å²) in [5.41, 5.74) is 0. The van der Waals surface area contributed by atoms with Crippen molar-refractivity contribution in [1.82, 2.24) is 4.31 Å². The summed E-state index contributed by atoms with van der Waals surface area (Å²) in [7, 11) is 6.29. The van der Waals surface area contributed by atoms with Gasteiger partial charge in [0.2, 0.25) is 0 Å². The Morgan fingerprint density at radius 3 is 2.92 bits per heavy atom. The zero-order valence-electron chi connectivity index (χ0n) is 7.78. The third-order valence-electron chi connectivity index (χ3n) is 1.72. The lowest BCUT2D eigenvalue weighted by Gasteiger charge is -2.19. The first-order valence-electron chi connectivity index (χ1n) is 4.37. The lowest BCUT2D eigenvalue weighted by atomic mass is 10.3. The predicted octanol–water partition coefficient (Wildman–Crippen LogP) is 2.99. The van der Waals surface area contributed by atoms with E-state index >= 15 is 0 Å². The fourth-order valence-corrected chi connectivity index (χ4v) is 4.47. The molecule has 1 atom stereocenters. The van der Waals surface area contributed by atoms with Crippen molar-refractivity contribution in [3.05, 3.63) is 0 Å². The van der Waals surface area contributed by atoms with Crippen molar-refractivity contribution < 1.29 is 0 Å². The van der Waals surface area contributed by atoms with Crippen LogP contribution in [0.25, 0.3) is 0 Å². The van der Waals surface area contributed by atoms with Crippen molar-refractivity contribution in [2.45, 2.75) is 13.3 Å². The van der Waals surface area contributed by atoms with E-state index in [9.17, 15) is 0 Å². The molecular weight excluding hydrogens is 206 g/mol. The molecule has 0 N–H and O–H groups in total. The van der Waals surface area contributed by atoms with E-state index in [1.54, 1.807) is 0 Å². The van der Waals surface area contributed by atoms with Crippen molar-refractivity contribution in [3.8, 4) is 0 Å². The SMILES string of the molecule is CC1CSSCCCN(C)SC1. The van der Waals surface area contributed by atoms with Gasteiger partial charge < -0.3 is 0 Å². The molecule has 0 aromatic heterocycles. The fourth-order valence-electron chi connectivity index (χ4n) is 0.936. The molecule has 1 fully saturated rings. The maximum Gasteiger partial charge on any atom is 0.0115 e. The number of rotatable bonds is 0. The predicted molar refractivity (Wildman–Crippen MR) is 63.8 cm³/mol. The molecule has 1 nitrogen and oxygen atoms in total. The van der Waals surface area contributed by atoms with Crippen LogP contribution >= 0.6 is 33.5 Å². The third-order valence-corrected chi connectivity index (χ3v) is 5.79. The Hall–Kier alpha value is 1.01. The van der Waals surface area contributed by atoms with Gasteiger partial charge in [0, 0.05) is 23.8 Å². The van der Waals surface area contributed by atoms with E-state index < -0.39 is 0 Å². The lowest BCUT2D eigenvalue weighted by Crippen LogP contribution is -2.15. The van der Waals surface area contributed by atoms with Gasteiger partial charge in [-0.15, -0.1) is 0 Å². The van der Waals surface area contributed by atoms with Crippen LogP contribution in [0.1, 0.15) is 13.3 Å². The van der Waals surface area contributed by atoms with E-state index in [4.69, 9.17) is 0 Å². The van der Waals surface area contributed by atoms with Crippen LogP contribution in [-0.2, 0) is 0 Å². The van der Waals surface area contributed by atoms with Gasteiger partial charge in [-0.3, -0.25) is 4.31 Å². The molecular formula is C8H17NS3. The Balaban J connectivity index is 2.23. The second-order valence-electron chi connectivity index (χ2n) is 3.21. The van der Waals surface area contributed by atoms with Gasteiger partial charge in [-0.1, -0.05) is 40.5 Å². The van der Waals surface area contributed by atoms with Gasteiger partial charge in [0.05, 0.1) is 0 Å². The molecule has 0 aliphatic carbocycles. The maximum absolute atomic E-state index is 2.38. The van der Waals surface area contributed by atoms with Gasteiger partial charge in [-0.25, -0.2) is 0 Å². The van der Waals surface area contributed by atoms with Gasteiger partial charge in [0.15, 0.2) is 0 Å². The molecule has 1 rings (SSSR count). The van der Waals surface area contributed by atoms with Crippen LogP contribution in [0.5, 0.6) is 0 Å². The van der Waals surface area contributed by atoms with E-state index in [2.05, 4.69) is 18.3 Å². The first kappa shape index (κ1) is 11.1. The number of nitrogens with zero attached hydrogens (tertiary/aromatic N) is 1. The second-order valence-corrected chi connectivity index (χ2v) is 7.05. The van der Waals surface area contributed by atoms with Crippen molar-refractivity contribution in [2.24, 2.45) is 5.92 Å². The van der Waals surface area contributed by atoms with Crippen LogP contribution < -0.4 is 0 Å². The van der Waals surface area contributed by atoms with Crippen molar-refractivity contribution in [1.29, 1.82) is 0 Å². The van der Waals surface area contributed by atoms with Gasteiger partial charge in [0.25, 0.3) is 0 Å². The Labute approximate surface area is 88.0 Å². The minimum atomic E-state index is 0.855. The summed E-state index contributed by atoms with van der Waals surface area (Å²) < 4.78 is 2.38. The van der Waals surface area contributed by atoms with Gasteiger partial charge in [-0.2, -0.15) is 0 Å². The number of hydrogen-bond acceptors (Lipinski definition) is 4. The van der Waals surface area contributed by atoms with E-state index in [1.807, 2.05) is 33.5 Å². The molecule has 1 aliphatic heterocycles. The molecule has 0 spiro atoms. The summed E-state index contributed by atoms with van der Waals surface area (Å²) in [6.45, 7) is 3.58. The van der Waals surface area contributed by atoms with Crippen LogP contribution in [0.3, 0.4) is 0 Å². The molecule has 72 valence electrons. The van der Waals surface area contributed by atoms with Gasteiger partial charge in [0.1, 0.15) is 0 Å². The Bertz CT molecular complexity index is 107. The Kier molecular flexibility index (Phi) is 5.97. The standard InChI is InChI=1S/C8H17NS3/c1-8-6-10-9(2)4-3-5-11-12-7-8/h8H,3-7H2,1-2H3. The molecule has 0 aromatic rings. The molecule has 1 unspecified atom stereocenters. The summed E-state index contributed by atoms with van der Waals surface area (Å²) in [6, 6.07) is 0. The topological polar surface area (TPSA) is 3.24 Å². The Morgan fingerprint density at radius 2 is 2.08 bits per heavy atom. The van der Waals surface area contributed by atoms with Crippen LogP contribution in [0, 0.1) is 5.92 Å². The van der Waals surface area contributed by atoms with E-state index in [-0.39, 0.29) is 0 Å². The summed E-state index contributed by atoms with van der Waals surface area (Å²) in [4.78, 5) is 0. The summed E-state index contributed by atoms with van der Waals surface area (Å²) in [6.07, 6.45) is 1.33. The quantitative estimate of drug-likeness (QED) is 0.458. The number of hydrogen-bond donors (Lipinski definition) is 0. The van der Waals surface area contributed by atoms with Crippen molar-refractivity contribution >= 4 is 33.5 Å². The van der Waals surface area contributed by atoms with Crippen LogP contribution in [0.2, 0.25) is 0 Å². The first-order valence-corrected chi connectivity index (χ1v) is 7.80. The van der Waals surface area contributed by atoms with Crippen molar-refractivity contribution in [3.63, 3.8) is 0 Å². The third kappa shape index (κ3) is 4.90. The molecule has 0 bridgehead atoms. The second kappa shape index (κ2) is 6.46. The lowest BCUT2D eigenvalue weighted by molar-refractivity contribution is 0.557. The highest BCUT2D eigenvalue weighted by molar-refractivity contribution is 8.76. The maximum atomic E-state index is 2.38. The van der Waals surface area contributed by atoms with E-state index in [1.165, 1.54) is 30.2 Å². The largest absolute Gasteiger partial charge is 0.254 e. The minimum Gasteiger partial charge on any atom is -0.254 e. The summed E-state index contributed by atoms with van der Waals surface area (Å²) in [5.74, 6) is 4.76. The van der Waals surface area contributed by atoms with Crippen LogP contribution in [0.4, 0.5) is 0 Å². The van der Waals surface area contributed by atoms with Gasteiger partial charge >= 0.3 is 0 Å². The summed E-state index contributed by atoms with van der Waals surface area (Å²) in [5, 5.41) is 0. The summed E-state index contributed by atoms with van der Waals surface area (Å²) >= 11 is 1.99. The monoisotopic (exact) mass is 223 g/mol. The highest BCUT2D eigenvalue weighted by Gasteiger charge is 2.08. The fraction of sp³-hybridized carbons (Fsp3) is 1.00. The molecule has 0 radical (unpaired) electrons. The molecule has 0 aromatic carbocycles. The molecule has 0 saturated carbocycles. The van der Waals surface area contributed by atoms with Crippen molar-refractivity contribution in [2.75, 3.05) is 30.9 Å². The van der Waals surface area contributed by atoms with Crippen LogP contribution in [-0.4, -0.2) is 35.2 Å². The molecule has 1 aliphatic rings. The van der Waals surface area contributed by atoms with E-state index in [0.29, 0.717) is 0 Å². The van der Waals surface area contributed by atoms with Crippen LogP contribution in [0.15, 0.2) is 0 Å². The zero-order valence-corrected chi connectivity index (χ0v) is 10.2. The van der Waals surface area contributed by atoms with Gasteiger partial charge in [-0.05, 0) is 19.4 Å². The highest BCUT2D eigenvalue weighted by Crippen LogP contribution is 2.28. The minimum absolute atomic E-state index is 0.855. The average molecular weight is 223 g/mol. The molecule has 0 amide bonds. The molecule has 12 heavy (non-hydrogen) atoms. The molecule has 4 heteroatoms. The normalized spacial score (nSPS) is 30.0. The first-order chi connectivity index (χ1) is 5.79. The Morgan fingerprint density at radius 1 is 1.25 bits per heavy atom. The highest BCUT2D eigenvalue weighted by atomic mass is 33.1. The average Bonchev–Trinajstić information content (AvgIpc) is 2.07. The smallest absolute Gasteiger partial charge is 0.0115 e. The zero-order chi connectivity index (χ0) is 8.81. The van der Waals surface area contributed by atoms with E-state index in [0.717, 1.165) is 5.92 Å².